The highest BCUT2D eigenvalue weighted by Gasteiger charge is 2.29. The standard InChI is InChI=1S/C23H36N4O5S2/c1-14(2)11-18(23(31)32)26-22(30)19(13-33)27-21(29)17(9-10-34-3)25-20(28)16(24)12-15-7-5-4-6-8-15/h4-8,14,16-19,33H,9-13,24H2,1-3H3,(H,25,28)(H,26,30)(H,27,29)(H,31,32). The minimum Gasteiger partial charge on any atom is -0.480 e. The molecule has 0 heterocycles. The van der Waals surface area contributed by atoms with Crippen LogP contribution in [0.15, 0.2) is 30.3 Å². The molecule has 0 aliphatic rings. The minimum absolute atomic E-state index is 0.0394. The van der Waals surface area contributed by atoms with Gasteiger partial charge in [0.05, 0.1) is 6.04 Å². The first-order valence-corrected chi connectivity index (χ1v) is 13.1. The predicted octanol–water partition coefficient (Wildman–Crippen LogP) is 0.824. The van der Waals surface area contributed by atoms with Gasteiger partial charge in [-0.25, -0.2) is 4.79 Å². The first-order chi connectivity index (χ1) is 16.1. The molecule has 11 heteroatoms. The number of nitrogens with two attached hydrogens (primary N) is 1. The van der Waals surface area contributed by atoms with Gasteiger partial charge in [-0.15, -0.1) is 0 Å². The normalized spacial score (nSPS) is 14.5. The maximum Gasteiger partial charge on any atom is 0.326 e. The van der Waals surface area contributed by atoms with Crippen LogP contribution in [0.1, 0.15) is 32.3 Å². The number of carbonyl (C=O) groups excluding carboxylic acids is 3. The maximum atomic E-state index is 12.9. The summed E-state index contributed by atoms with van der Waals surface area (Å²) in [6.07, 6.45) is 2.78. The molecular formula is C23H36N4O5S2. The van der Waals surface area contributed by atoms with Crippen LogP contribution in [0.2, 0.25) is 0 Å². The van der Waals surface area contributed by atoms with E-state index < -0.39 is 47.9 Å². The topological polar surface area (TPSA) is 151 Å². The molecule has 0 radical (unpaired) electrons. The lowest BCUT2D eigenvalue weighted by atomic mass is 10.0. The fourth-order valence-corrected chi connectivity index (χ4v) is 3.90. The van der Waals surface area contributed by atoms with Crippen LogP contribution in [-0.4, -0.2) is 70.7 Å². The van der Waals surface area contributed by atoms with E-state index in [0.717, 1.165) is 5.56 Å². The van der Waals surface area contributed by atoms with Crippen molar-refractivity contribution in [2.75, 3.05) is 17.8 Å². The van der Waals surface area contributed by atoms with Gasteiger partial charge < -0.3 is 26.8 Å². The van der Waals surface area contributed by atoms with Crippen molar-refractivity contribution < 1.29 is 24.3 Å². The van der Waals surface area contributed by atoms with Crippen molar-refractivity contribution in [1.29, 1.82) is 0 Å². The minimum atomic E-state index is -1.15. The van der Waals surface area contributed by atoms with Crippen molar-refractivity contribution in [2.24, 2.45) is 11.7 Å². The number of benzene rings is 1. The van der Waals surface area contributed by atoms with Crippen molar-refractivity contribution in [3.05, 3.63) is 35.9 Å². The third kappa shape index (κ3) is 10.8. The average Bonchev–Trinajstić information content (AvgIpc) is 2.79. The molecule has 1 aromatic rings. The zero-order chi connectivity index (χ0) is 25.7. The van der Waals surface area contributed by atoms with Gasteiger partial charge in [0.2, 0.25) is 17.7 Å². The van der Waals surface area contributed by atoms with Crippen LogP contribution >= 0.6 is 24.4 Å². The second-order valence-corrected chi connectivity index (χ2v) is 9.76. The molecule has 1 rings (SSSR count). The Kier molecular flexibility index (Phi) is 13.7. The van der Waals surface area contributed by atoms with E-state index in [9.17, 15) is 24.3 Å². The summed E-state index contributed by atoms with van der Waals surface area (Å²) in [7, 11) is 0. The molecule has 3 amide bonds. The zero-order valence-corrected chi connectivity index (χ0v) is 21.5. The molecule has 4 unspecified atom stereocenters. The van der Waals surface area contributed by atoms with Gasteiger partial charge in [-0.3, -0.25) is 14.4 Å². The summed E-state index contributed by atoms with van der Waals surface area (Å²) in [6.45, 7) is 3.70. The number of amides is 3. The molecule has 0 saturated heterocycles. The molecular weight excluding hydrogens is 476 g/mol. The fraction of sp³-hybridized carbons (Fsp3) is 0.565. The molecule has 0 bridgehead atoms. The number of rotatable bonds is 15. The highest BCUT2D eigenvalue weighted by atomic mass is 32.2. The number of aliphatic carboxylic acids is 1. The van der Waals surface area contributed by atoms with Gasteiger partial charge in [0.25, 0.3) is 0 Å². The van der Waals surface area contributed by atoms with Gasteiger partial charge in [-0.2, -0.15) is 24.4 Å². The number of thiol groups is 1. The lowest BCUT2D eigenvalue weighted by Crippen LogP contribution is -2.58. The van der Waals surface area contributed by atoms with Crippen LogP contribution in [0.25, 0.3) is 0 Å². The molecule has 0 saturated carbocycles. The Bertz CT molecular complexity index is 810. The van der Waals surface area contributed by atoms with Crippen LogP contribution in [0, 0.1) is 5.92 Å². The van der Waals surface area contributed by atoms with E-state index in [0.29, 0.717) is 18.6 Å². The highest BCUT2D eigenvalue weighted by Crippen LogP contribution is 2.07. The Morgan fingerprint density at radius 2 is 1.53 bits per heavy atom. The quantitative estimate of drug-likeness (QED) is 0.190. The predicted molar refractivity (Wildman–Crippen MR) is 138 cm³/mol. The van der Waals surface area contributed by atoms with Gasteiger partial charge in [0.1, 0.15) is 18.1 Å². The molecule has 1 aromatic carbocycles. The molecule has 190 valence electrons. The monoisotopic (exact) mass is 512 g/mol. The highest BCUT2D eigenvalue weighted by molar-refractivity contribution is 7.98. The summed E-state index contributed by atoms with van der Waals surface area (Å²) < 4.78 is 0. The smallest absolute Gasteiger partial charge is 0.326 e. The Morgan fingerprint density at radius 1 is 0.971 bits per heavy atom. The Morgan fingerprint density at radius 3 is 2.06 bits per heavy atom. The lowest BCUT2D eigenvalue weighted by molar-refractivity contribution is -0.142. The van der Waals surface area contributed by atoms with Crippen LogP contribution in [0.4, 0.5) is 0 Å². The second kappa shape index (κ2) is 15.6. The van der Waals surface area contributed by atoms with E-state index in [1.807, 2.05) is 50.4 Å². The summed E-state index contributed by atoms with van der Waals surface area (Å²) in [5.41, 5.74) is 6.94. The van der Waals surface area contributed by atoms with Gasteiger partial charge in [-0.1, -0.05) is 44.2 Å². The third-order valence-electron chi connectivity index (χ3n) is 5.02. The molecule has 0 spiro atoms. The number of hydrogen-bond donors (Lipinski definition) is 6. The summed E-state index contributed by atoms with van der Waals surface area (Å²) in [4.78, 5) is 49.7. The van der Waals surface area contributed by atoms with Crippen molar-refractivity contribution in [3.63, 3.8) is 0 Å². The molecule has 0 aromatic heterocycles. The van der Waals surface area contributed by atoms with E-state index in [1.165, 1.54) is 11.8 Å². The van der Waals surface area contributed by atoms with Crippen LogP contribution < -0.4 is 21.7 Å². The molecule has 6 N–H and O–H groups in total. The second-order valence-electron chi connectivity index (χ2n) is 8.41. The Hall–Kier alpha value is -2.24. The van der Waals surface area contributed by atoms with Crippen LogP contribution in [0.3, 0.4) is 0 Å². The first-order valence-electron chi connectivity index (χ1n) is 11.1. The van der Waals surface area contributed by atoms with E-state index in [2.05, 4.69) is 28.6 Å². The number of nitrogens with one attached hydrogen (secondary N) is 3. The summed E-state index contributed by atoms with van der Waals surface area (Å²) >= 11 is 5.65. The summed E-state index contributed by atoms with van der Waals surface area (Å²) in [6, 6.07) is 5.43. The number of carboxylic acid groups (broad SMARTS) is 1. The van der Waals surface area contributed by atoms with E-state index in [4.69, 9.17) is 5.73 Å². The van der Waals surface area contributed by atoms with Crippen LogP contribution in [0.5, 0.6) is 0 Å². The molecule has 0 aliphatic heterocycles. The molecule has 0 aliphatic carbocycles. The maximum absolute atomic E-state index is 12.9. The van der Waals surface area contributed by atoms with Crippen LogP contribution in [-0.2, 0) is 25.6 Å². The van der Waals surface area contributed by atoms with E-state index in [-0.39, 0.29) is 18.1 Å². The SMILES string of the molecule is CSCCC(NC(=O)C(N)Cc1ccccc1)C(=O)NC(CS)C(=O)NC(CC(C)C)C(=O)O. The zero-order valence-electron chi connectivity index (χ0n) is 19.8. The largest absolute Gasteiger partial charge is 0.480 e. The number of carbonyl (C=O) groups is 4. The van der Waals surface area contributed by atoms with Crippen molar-refractivity contribution in [1.82, 2.24) is 16.0 Å². The number of hydrogen-bond acceptors (Lipinski definition) is 7. The van der Waals surface area contributed by atoms with Gasteiger partial charge in [0, 0.05) is 5.75 Å². The van der Waals surface area contributed by atoms with E-state index >= 15 is 0 Å². The molecule has 9 nitrogen and oxygen atoms in total. The average molecular weight is 513 g/mol. The Balaban J connectivity index is 2.81. The van der Waals surface area contributed by atoms with Crippen molar-refractivity contribution in [2.45, 2.75) is 57.3 Å². The molecule has 0 fully saturated rings. The van der Waals surface area contributed by atoms with Gasteiger partial charge >= 0.3 is 5.97 Å². The van der Waals surface area contributed by atoms with E-state index in [1.54, 1.807) is 0 Å². The lowest BCUT2D eigenvalue weighted by Gasteiger charge is -2.25. The summed E-state index contributed by atoms with van der Waals surface area (Å²) in [5, 5.41) is 17.1. The third-order valence-corrected chi connectivity index (χ3v) is 6.03. The summed E-state index contributed by atoms with van der Waals surface area (Å²) in [5.74, 6) is -2.21. The first kappa shape index (κ1) is 29.8. The number of carboxylic acids is 1. The van der Waals surface area contributed by atoms with Crippen molar-refractivity contribution >= 4 is 48.1 Å². The van der Waals surface area contributed by atoms with Gasteiger partial charge in [0.15, 0.2) is 0 Å². The van der Waals surface area contributed by atoms with Gasteiger partial charge in [-0.05, 0) is 42.8 Å². The number of thioether (sulfide) groups is 1. The molecule has 34 heavy (non-hydrogen) atoms. The Labute approximate surface area is 210 Å². The van der Waals surface area contributed by atoms with Crippen molar-refractivity contribution in [3.8, 4) is 0 Å². The molecule has 4 atom stereocenters. The fourth-order valence-electron chi connectivity index (χ4n) is 3.18.